The number of hydrogen-bond donors (Lipinski definition) is 2. The molecule has 152 valence electrons. The molecule has 0 radical (unpaired) electrons. The van der Waals surface area contributed by atoms with Gasteiger partial charge < -0.3 is 15.4 Å². The van der Waals surface area contributed by atoms with Gasteiger partial charge in [-0.05, 0) is 43.3 Å². The third-order valence-corrected chi connectivity index (χ3v) is 5.43. The van der Waals surface area contributed by atoms with Crippen LogP contribution in [0.3, 0.4) is 0 Å². The summed E-state index contributed by atoms with van der Waals surface area (Å²) in [5.74, 6) is -0.341. The summed E-state index contributed by atoms with van der Waals surface area (Å²) in [6.07, 6.45) is 5.34. The molecule has 0 aliphatic carbocycles. The molecule has 29 heavy (non-hydrogen) atoms. The predicted molar refractivity (Wildman–Crippen MR) is 121 cm³/mol. The zero-order valence-corrected chi connectivity index (χ0v) is 17.9. The Hall–Kier alpha value is -2.71. The van der Waals surface area contributed by atoms with Gasteiger partial charge in [0.2, 0.25) is 0 Å². The van der Waals surface area contributed by atoms with Crippen LogP contribution in [0, 0.1) is 0 Å². The van der Waals surface area contributed by atoms with Gasteiger partial charge in [0.1, 0.15) is 5.00 Å². The lowest BCUT2D eigenvalue weighted by molar-refractivity contribution is 0.0528. The number of rotatable bonds is 9. The lowest BCUT2D eigenvalue weighted by atomic mass is 10.1. The molecule has 6 nitrogen and oxygen atoms in total. The van der Waals surface area contributed by atoms with Crippen molar-refractivity contribution in [3.63, 3.8) is 0 Å². The van der Waals surface area contributed by atoms with Gasteiger partial charge in [0.15, 0.2) is 5.11 Å². The first-order valence-electron chi connectivity index (χ1n) is 9.51. The molecule has 0 aliphatic heterocycles. The molecule has 0 saturated heterocycles. The van der Waals surface area contributed by atoms with Crippen LogP contribution in [0.1, 0.15) is 34.1 Å². The van der Waals surface area contributed by atoms with E-state index in [0.717, 1.165) is 24.3 Å². The van der Waals surface area contributed by atoms with Crippen molar-refractivity contribution in [2.75, 3.05) is 18.5 Å². The molecule has 1 aromatic carbocycles. The van der Waals surface area contributed by atoms with Gasteiger partial charge in [0, 0.05) is 36.8 Å². The van der Waals surface area contributed by atoms with Crippen molar-refractivity contribution < 1.29 is 9.53 Å². The summed E-state index contributed by atoms with van der Waals surface area (Å²) >= 11 is 6.93. The number of nitrogens with zero attached hydrogens (tertiary/aromatic N) is 2. The van der Waals surface area contributed by atoms with E-state index < -0.39 is 0 Å². The Morgan fingerprint density at radius 1 is 1.28 bits per heavy atom. The van der Waals surface area contributed by atoms with E-state index in [1.54, 1.807) is 13.1 Å². The highest BCUT2D eigenvalue weighted by Crippen LogP contribution is 2.30. The van der Waals surface area contributed by atoms with Crippen molar-refractivity contribution >= 4 is 39.6 Å². The molecule has 0 atom stereocenters. The number of esters is 1. The fraction of sp³-hybridized carbons (Fsp3) is 0.286. The van der Waals surface area contributed by atoms with Crippen molar-refractivity contribution in [2.24, 2.45) is 0 Å². The molecule has 2 N–H and O–H groups in total. The van der Waals surface area contributed by atoms with Gasteiger partial charge in [-0.25, -0.2) is 4.79 Å². The molecule has 8 heteroatoms. The van der Waals surface area contributed by atoms with Gasteiger partial charge in [0.25, 0.3) is 0 Å². The van der Waals surface area contributed by atoms with Crippen molar-refractivity contribution in [3.05, 3.63) is 70.9 Å². The lowest BCUT2D eigenvalue weighted by Gasteiger charge is -2.10. The van der Waals surface area contributed by atoms with Gasteiger partial charge in [-0.15, -0.1) is 11.3 Å². The van der Waals surface area contributed by atoms with Crippen molar-refractivity contribution in [3.8, 4) is 0 Å². The Morgan fingerprint density at radius 3 is 2.83 bits per heavy atom. The van der Waals surface area contributed by atoms with Gasteiger partial charge in [-0.2, -0.15) is 5.10 Å². The minimum atomic E-state index is -0.341. The quantitative estimate of drug-likeness (QED) is 0.304. The van der Waals surface area contributed by atoms with Crippen molar-refractivity contribution in [1.29, 1.82) is 0 Å². The van der Waals surface area contributed by atoms with Crippen LogP contribution in [0.4, 0.5) is 5.00 Å². The molecule has 0 unspecified atom stereocenters. The second-order valence-corrected chi connectivity index (χ2v) is 7.89. The van der Waals surface area contributed by atoms with E-state index in [4.69, 9.17) is 17.0 Å². The van der Waals surface area contributed by atoms with E-state index in [1.807, 2.05) is 41.2 Å². The Morgan fingerprint density at radius 2 is 2.10 bits per heavy atom. The van der Waals surface area contributed by atoms with Crippen LogP contribution in [-0.2, 0) is 17.7 Å². The molecular weight excluding hydrogens is 404 g/mol. The van der Waals surface area contributed by atoms with Gasteiger partial charge in [0.05, 0.1) is 12.2 Å². The summed E-state index contributed by atoms with van der Waals surface area (Å²) in [5.41, 5.74) is 1.71. The fourth-order valence-electron chi connectivity index (χ4n) is 2.80. The van der Waals surface area contributed by atoms with E-state index in [2.05, 4.69) is 27.9 Å². The summed E-state index contributed by atoms with van der Waals surface area (Å²) in [4.78, 5) is 13.4. The van der Waals surface area contributed by atoms with Crippen LogP contribution in [0.15, 0.2) is 54.9 Å². The smallest absolute Gasteiger partial charge is 0.341 e. The monoisotopic (exact) mass is 428 g/mol. The number of benzene rings is 1. The standard InChI is InChI=1S/C21H24N4O2S2/c1-2-27-20(26)18-15-17(14-16-8-4-3-5-9-16)29-19(18)24-21(28)22-10-6-12-25-13-7-11-23-25/h3-5,7-9,11,13,15H,2,6,10,12,14H2,1H3,(H2,22,24,28). The number of aryl methyl sites for hydroxylation is 1. The number of anilines is 1. The summed E-state index contributed by atoms with van der Waals surface area (Å²) in [5, 5.41) is 11.7. The van der Waals surface area contributed by atoms with Crippen molar-refractivity contribution in [1.82, 2.24) is 15.1 Å². The number of thiocarbonyl (C=S) groups is 1. The van der Waals surface area contributed by atoms with Crippen LogP contribution in [0.5, 0.6) is 0 Å². The maximum Gasteiger partial charge on any atom is 0.341 e. The summed E-state index contributed by atoms with van der Waals surface area (Å²) in [6, 6.07) is 13.9. The largest absolute Gasteiger partial charge is 0.462 e. The number of nitrogens with one attached hydrogen (secondary N) is 2. The number of ether oxygens (including phenoxy) is 1. The van der Waals surface area contributed by atoms with Crippen LogP contribution in [0.2, 0.25) is 0 Å². The highest BCUT2D eigenvalue weighted by Gasteiger charge is 2.18. The minimum absolute atomic E-state index is 0.332. The fourth-order valence-corrected chi connectivity index (χ4v) is 4.15. The van der Waals surface area contributed by atoms with Crippen LogP contribution in [-0.4, -0.2) is 34.0 Å². The van der Waals surface area contributed by atoms with Crippen molar-refractivity contribution in [2.45, 2.75) is 26.3 Å². The Kier molecular flexibility index (Phi) is 7.77. The van der Waals surface area contributed by atoms with E-state index in [9.17, 15) is 4.79 Å². The van der Waals surface area contributed by atoms with Gasteiger partial charge in [-0.3, -0.25) is 4.68 Å². The summed E-state index contributed by atoms with van der Waals surface area (Å²) < 4.78 is 7.09. The summed E-state index contributed by atoms with van der Waals surface area (Å²) in [7, 11) is 0. The third kappa shape index (κ3) is 6.40. The number of carbonyl (C=O) groups is 1. The highest BCUT2D eigenvalue weighted by atomic mass is 32.1. The number of hydrogen-bond acceptors (Lipinski definition) is 5. The molecular formula is C21H24N4O2S2. The maximum atomic E-state index is 12.4. The maximum absolute atomic E-state index is 12.4. The zero-order chi connectivity index (χ0) is 20.5. The Balaban J connectivity index is 1.60. The normalized spacial score (nSPS) is 10.5. The SMILES string of the molecule is CCOC(=O)c1cc(Cc2ccccc2)sc1NC(=S)NCCCn1cccn1. The molecule has 3 rings (SSSR count). The van der Waals surface area contributed by atoms with Crippen LogP contribution in [0.25, 0.3) is 0 Å². The van der Waals surface area contributed by atoms with Gasteiger partial charge in [-0.1, -0.05) is 30.3 Å². The molecule has 0 fully saturated rings. The minimum Gasteiger partial charge on any atom is -0.462 e. The second-order valence-electron chi connectivity index (χ2n) is 6.34. The first-order valence-corrected chi connectivity index (χ1v) is 10.7. The molecule has 0 saturated carbocycles. The molecule has 2 heterocycles. The molecule has 3 aromatic rings. The molecule has 0 bridgehead atoms. The summed E-state index contributed by atoms with van der Waals surface area (Å²) in [6.45, 7) is 3.66. The van der Waals surface area contributed by atoms with E-state index in [-0.39, 0.29) is 5.97 Å². The highest BCUT2D eigenvalue weighted by molar-refractivity contribution is 7.80. The molecule has 0 amide bonds. The van der Waals surface area contributed by atoms with Gasteiger partial charge >= 0.3 is 5.97 Å². The predicted octanol–water partition coefficient (Wildman–Crippen LogP) is 4.09. The molecule has 0 aliphatic rings. The Labute approximate surface area is 179 Å². The first kappa shape index (κ1) is 21.0. The number of aromatic nitrogens is 2. The van der Waals surface area contributed by atoms with E-state index >= 15 is 0 Å². The van der Waals surface area contributed by atoms with E-state index in [0.29, 0.717) is 28.8 Å². The number of thiophene rings is 1. The number of carbonyl (C=O) groups excluding carboxylic acids is 1. The average Bonchev–Trinajstić information content (AvgIpc) is 3.36. The third-order valence-electron chi connectivity index (χ3n) is 4.14. The second kappa shape index (κ2) is 10.7. The first-order chi connectivity index (χ1) is 14.2. The average molecular weight is 429 g/mol. The van der Waals surface area contributed by atoms with Crippen LogP contribution >= 0.6 is 23.6 Å². The van der Waals surface area contributed by atoms with E-state index in [1.165, 1.54) is 16.9 Å². The topological polar surface area (TPSA) is 68.2 Å². The zero-order valence-electron chi connectivity index (χ0n) is 16.3. The lowest BCUT2D eigenvalue weighted by Crippen LogP contribution is -2.30. The Bertz CT molecular complexity index is 924. The molecule has 0 spiro atoms. The van der Waals surface area contributed by atoms with Crippen LogP contribution < -0.4 is 10.6 Å². The molecule has 2 aromatic heterocycles.